The number of ether oxygens (including phenoxy) is 2. The van der Waals surface area contributed by atoms with Gasteiger partial charge in [-0.2, -0.15) is 0 Å². The van der Waals surface area contributed by atoms with Crippen molar-refractivity contribution in [1.82, 2.24) is 5.32 Å². The van der Waals surface area contributed by atoms with Crippen LogP contribution in [0.15, 0.2) is 12.1 Å². The number of rotatable bonds is 7. The zero-order chi connectivity index (χ0) is 16.0. The van der Waals surface area contributed by atoms with Crippen LogP contribution in [-0.2, 0) is 0 Å². The Bertz CT molecular complexity index is 463. The van der Waals surface area contributed by atoms with E-state index < -0.39 is 0 Å². The highest BCUT2D eigenvalue weighted by atomic mass is 16.5. The molecule has 0 unspecified atom stereocenters. The van der Waals surface area contributed by atoms with Gasteiger partial charge in [-0.25, -0.2) is 0 Å². The molecule has 0 radical (unpaired) electrons. The van der Waals surface area contributed by atoms with Gasteiger partial charge in [0.25, 0.3) is 5.91 Å². The first-order valence-electron chi connectivity index (χ1n) is 7.22. The topological polar surface area (TPSA) is 73.6 Å². The molecule has 0 atom stereocenters. The van der Waals surface area contributed by atoms with E-state index in [4.69, 9.17) is 15.2 Å². The van der Waals surface area contributed by atoms with Gasteiger partial charge in [-0.3, -0.25) is 4.79 Å². The van der Waals surface area contributed by atoms with Crippen LogP contribution in [0.1, 0.15) is 42.6 Å². The van der Waals surface area contributed by atoms with E-state index in [2.05, 4.69) is 5.32 Å². The van der Waals surface area contributed by atoms with E-state index in [1.807, 2.05) is 20.8 Å². The summed E-state index contributed by atoms with van der Waals surface area (Å²) in [5.41, 5.74) is 6.83. The van der Waals surface area contributed by atoms with Crippen molar-refractivity contribution in [1.29, 1.82) is 0 Å². The number of benzene rings is 1. The first-order chi connectivity index (χ1) is 9.96. The molecule has 1 rings (SSSR count). The minimum absolute atomic E-state index is 0.166. The Morgan fingerprint density at radius 2 is 1.67 bits per heavy atom. The summed E-state index contributed by atoms with van der Waals surface area (Å²) in [7, 11) is 3.15. The predicted molar refractivity (Wildman–Crippen MR) is 84.1 cm³/mol. The highest BCUT2D eigenvalue weighted by Crippen LogP contribution is 2.29. The van der Waals surface area contributed by atoms with Crippen molar-refractivity contribution in [2.45, 2.75) is 39.2 Å². The fourth-order valence-corrected chi connectivity index (χ4v) is 2.30. The molecule has 1 amide bonds. The van der Waals surface area contributed by atoms with Gasteiger partial charge < -0.3 is 20.5 Å². The second-order valence-corrected chi connectivity index (χ2v) is 5.15. The molecule has 0 aliphatic carbocycles. The van der Waals surface area contributed by atoms with Gasteiger partial charge in [0.05, 0.1) is 19.8 Å². The molecule has 0 saturated carbocycles. The summed E-state index contributed by atoms with van der Waals surface area (Å²) in [6, 6.07) is 3.44. The molecule has 0 bridgehead atoms. The van der Waals surface area contributed by atoms with E-state index in [9.17, 15) is 4.79 Å². The van der Waals surface area contributed by atoms with E-state index in [-0.39, 0.29) is 11.4 Å². The fourth-order valence-electron chi connectivity index (χ4n) is 2.30. The summed E-state index contributed by atoms with van der Waals surface area (Å²) in [5.74, 6) is 1.09. The van der Waals surface area contributed by atoms with Crippen LogP contribution in [0.4, 0.5) is 0 Å². The number of carbonyl (C=O) groups excluding carboxylic acids is 1. The molecule has 1 aromatic rings. The maximum absolute atomic E-state index is 12.5. The Morgan fingerprint density at radius 1 is 1.19 bits per heavy atom. The molecular formula is C16H26N2O3. The highest BCUT2D eigenvalue weighted by molar-refractivity contribution is 5.95. The number of nitrogens with one attached hydrogen (secondary N) is 1. The molecule has 5 heteroatoms. The van der Waals surface area contributed by atoms with Crippen molar-refractivity contribution in [3.8, 4) is 11.5 Å². The van der Waals surface area contributed by atoms with E-state index >= 15 is 0 Å². The van der Waals surface area contributed by atoms with Crippen LogP contribution in [0, 0.1) is 6.92 Å². The van der Waals surface area contributed by atoms with Crippen molar-refractivity contribution >= 4 is 5.91 Å². The summed E-state index contributed by atoms with van der Waals surface area (Å²) < 4.78 is 10.6. The lowest BCUT2D eigenvalue weighted by molar-refractivity contribution is 0.0894. The third-order valence-corrected chi connectivity index (χ3v) is 4.14. The Labute approximate surface area is 126 Å². The van der Waals surface area contributed by atoms with Gasteiger partial charge in [0, 0.05) is 17.7 Å². The van der Waals surface area contributed by atoms with Gasteiger partial charge in [0.2, 0.25) is 0 Å². The Hall–Kier alpha value is -1.75. The third-order valence-electron chi connectivity index (χ3n) is 4.14. The molecule has 21 heavy (non-hydrogen) atoms. The third kappa shape index (κ3) is 3.67. The monoisotopic (exact) mass is 294 g/mol. The lowest BCUT2D eigenvalue weighted by Crippen LogP contribution is -2.52. The van der Waals surface area contributed by atoms with Crippen LogP contribution in [0.3, 0.4) is 0 Å². The molecule has 0 aliphatic heterocycles. The normalized spacial score (nSPS) is 11.1. The van der Waals surface area contributed by atoms with E-state index in [0.29, 0.717) is 23.6 Å². The van der Waals surface area contributed by atoms with Gasteiger partial charge in [0.1, 0.15) is 11.5 Å². The molecule has 3 N–H and O–H groups in total. The Kier molecular flexibility index (Phi) is 6.03. The predicted octanol–water partition coefficient (Wildman–Crippen LogP) is 2.26. The number of hydrogen-bond acceptors (Lipinski definition) is 4. The maximum atomic E-state index is 12.5. The SMILES string of the molecule is CCC(CC)(CN)NC(=O)c1cc(OC)c(C)c(OC)c1. The molecular weight excluding hydrogens is 268 g/mol. The maximum Gasteiger partial charge on any atom is 0.252 e. The van der Waals surface area contributed by atoms with Gasteiger partial charge >= 0.3 is 0 Å². The molecule has 0 heterocycles. The van der Waals surface area contributed by atoms with Crippen molar-refractivity contribution in [3.05, 3.63) is 23.3 Å². The van der Waals surface area contributed by atoms with Gasteiger partial charge in [-0.15, -0.1) is 0 Å². The summed E-state index contributed by atoms with van der Waals surface area (Å²) in [5, 5.41) is 3.04. The zero-order valence-corrected chi connectivity index (χ0v) is 13.6. The van der Waals surface area contributed by atoms with E-state index in [1.54, 1.807) is 26.4 Å². The van der Waals surface area contributed by atoms with Crippen LogP contribution in [0.2, 0.25) is 0 Å². The van der Waals surface area contributed by atoms with Crippen molar-refractivity contribution < 1.29 is 14.3 Å². The highest BCUT2D eigenvalue weighted by Gasteiger charge is 2.27. The number of methoxy groups -OCH3 is 2. The number of amides is 1. The molecule has 0 fully saturated rings. The van der Waals surface area contributed by atoms with Gasteiger partial charge in [-0.1, -0.05) is 13.8 Å². The number of carbonyl (C=O) groups is 1. The smallest absolute Gasteiger partial charge is 0.252 e. The minimum atomic E-state index is -0.373. The minimum Gasteiger partial charge on any atom is -0.496 e. The zero-order valence-electron chi connectivity index (χ0n) is 13.6. The van der Waals surface area contributed by atoms with Gasteiger partial charge in [-0.05, 0) is 31.9 Å². The number of nitrogens with two attached hydrogens (primary N) is 1. The summed E-state index contributed by atoms with van der Waals surface area (Å²) in [6.07, 6.45) is 1.57. The van der Waals surface area contributed by atoms with Crippen molar-refractivity contribution in [3.63, 3.8) is 0 Å². The van der Waals surface area contributed by atoms with Crippen LogP contribution in [-0.4, -0.2) is 32.2 Å². The van der Waals surface area contributed by atoms with Crippen LogP contribution < -0.4 is 20.5 Å². The molecule has 5 nitrogen and oxygen atoms in total. The molecule has 0 aromatic heterocycles. The average Bonchev–Trinajstić information content (AvgIpc) is 2.52. The van der Waals surface area contributed by atoms with Crippen LogP contribution in [0.25, 0.3) is 0 Å². The van der Waals surface area contributed by atoms with Crippen molar-refractivity contribution in [2.75, 3.05) is 20.8 Å². The molecule has 1 aromatic carbocycles. The van der Waals surface area contributed by atoms with E-state index in [0.717, 1.165) is 18.4 Å². The van der Waals surface area contributed by atoms with Gasteiger partial charge in [0.15, 0.2) is 0 Å². The number of hydrogen-bond donors (Lipinski definition) is 2. The first-order valence-corrected chi connectivity index (χ1v) is 7.22. The molecule has 118 valence electrons. The summed E-state index contributed by atoms with van der Waals surface area (Å²) in [4.78, 5) is 12.5. The second-order valence-electron chi connectivity index (χ2n) is 5.15. The second kappa shape index (κ2) is 7.31. The Balaban J connectivity index is 3.13. The molecule has 0 spiro atoms. The Morgan fingerprint density at radius 3 is 2.00 bits per heavy atom. The van der Waals surface area contributed by atoms with Crippen molar-refractivity contribution in [2.24, 2.45) is 5.73 Å². The average molecular weight is 294 g/mol. The summed E-state index contributed by atoms with van der Waals surface area (Å²) >= 11 is 0. The van der Waals surface area contributed by atoms with E-state index in [1.165, 1.54) is 0 Å². The first kappa shape index (κ1) is 17.3. The van der Waals surface area contributed by atoms with Crippen LogP contribution in [0.5, 0.6) is 11.5 Å². The van der Waals surface area contributed by atoms with Crippen LogP contribution >= 0.6 is 0 Å². The standard InChI is InChI=1S/C16H26N2O3/c1-6-16(7-2,10-17)18-15(19)12-8-13(20-4)11(3)14(9-12)21-5/h8-9H,6-7,10,17H2,1-5H3,(H,18,19). The lowest BCUT2D eigenvalue weighted by Gasteiger charge is -2.31. The lowest BCUT2D eigenvalue weighted by atomic mass is 9.92. The fraction of sp³-hybridized carbons (Fsp3) is 0.562. The molecule has 0 aliphatic rings. The molecule has 0 saturated heterocycles. The quantitative estimate of drug-likeness (QED) is 0.809. The largest absolute Gasteiger partial charge is 0.496 e. The summed E-state index contributed by atoms with van der Waals surface area (Å²) in [6.45, 7) is 6.34.